The molecule has 5 nitrogen and oxygen atoms in total. The van der Waals surface area contributed by atoms with Gasteiger partial charge in [0.25, 0.3) is 5.91 Å². The van der Waals surface area contributed by atoms with E-state index < -0.39 is 6.10 Å². The van der Waals surface area contributed by atoms with Crippen molar-refractivity contribution >= 4 is 28.4 Å². The fraction of sp³-hybridized carbons (Fsp3) is 0.400. The van der Waals surface area contributed by atoms with Gasteiger partial charge in [0, 0.05) is 28.9 Å². The van der Waals surface area contributed by atoms with Crippen molar-refractivity contribution in [2.24, 2.45) is 0 Å². The molecule has 3 aliphatic rings. The minimum Gasteiger partial charge on any atom is -0.391 e. The summed E-state index contributed by atoms with van der Waals surface area (Å²) in [5, 5.41) is 12.3. The van der Waals surface area contributed by atoms with Gasteiger partial charge in [-0.1, -0.05) is 36.6 Å². The van der Waals surface area contributed by atoms with Gasteiger partial charge in [-0.05, 0) is 61.4 Å². The van der Waals surface area contributed by atoms with Crippen molar-refractivity contribution in [2.45, 2.75) is 62.6 Å². The highest BCUT2D eigenvalue weighted by molar-refractivity contribution is 6.29. The first-order chi connectivity index (χ1) is 15.1. The third-order valence-corrected chi connectivity index (χ3v) is 7.51. The van der Waals surface area contributed by atoms with Crippen LogP contribution in [0.15, 0.2) is 42.7 Å². The second kappa shape index (κ2) is 7.01. The number of carbonyl (C=O) groups excluding carboxylic acids is 1. The zero-order chi connectivity index (χ0) is 21.2. The summed E-state index contributed by atoms with van der Waals surface area (Å²) in [7, 11) is 0. The number of carbonyl (C=O) groups is 1. The number of rotatable bonds is 3. The second-order valence-electron chi connectivity index (χ2n) is 9.15. The first-order valence-electron chi connectivity index (χ1n) is 11.1. The fourth-order valence-corrected chi connectivity index (χ4v) is 5.86. The van der Waals surface area contributed by atoms with Crippen molar-refractivity contribution in [3.8, 4) is 0 Å². The van der Waals surface area contributed by atoms with Crippen molar-refractivity contribution in [2.75, 3.05) is 0 Å². The van der Waals surface area contributed by atoms with E-state index in [1.165, 1.54) is 0 Å². The predicted molar refractivity (Wildman–Crippen MR) is 119 cm³/mol. The van der Waals surface area contributed by atoms with E-state index in [1.54, 1.807) is 12.3 Å². The van der Waals surface area contributed by atoms with Crippen LogP contribution in [0.2, 0.25) is 5.15 Å². The molecule has 1 N–H and O–H groups in total. The zero-order valence-electron chi connectivity index (χ0n) is 17.2. The molecule has 2 saturated carbocycles. The molecule has 1 amide bonds. The van der Waals surface area contributed by atoms with E-state index in [1.807, 2.05) is 23.2 Å². The van der Waals surface area contributed by atoms with E-state index in [-0.39, 0.29) is 17.5 Å². The molecule has 1 aromatic carbocycles. The molecule has 3 heterocycles. The molecule has 2 fully saturated rings. The molecular formula is C25H24ClN3O2. The first kappa shape index (κ1) is 19.2. The molecule has 31 heavy (non-hydrogen) atoms. The topological polar surface area (TPSA) is 66.3 Å². The molecule has 6 rings (SSSR count). The summed E-state index contributed by atoms with van der Waals surface area (Å²) < 4.78 is 0. The van der Waals surface area contributed by atoms with E-state index in [4.69, 9.17) is 16.6 Å². The monoisotopic (exact) mass is 433 g/mol. The van der Waals surface area contributed by atoms with E-state index in [0.717, 1.165) is 71.7 Å². The Hall–Kier alpha value is -2.50. The smallest absolute Gasteiger partial charge is 0.255 e. The van der Waals surface area contributed by atoms with Gasteiger partial charge in [-0.3, -0.25) is 9.78 Å². The van der Waals surface area contributed by atoms with Crippen LogP contribution < -0.4 is 0 Å². The van der Waals surface area contributed by atoms with Gasteiger partial charge < -0.3 is 10.0 Å². The molecule has 2 atom stereocenters. The Morgan fingerprint density at radius 2 is 2.00 bits per heavy atom. The maximum absolute atomic E-state index is 13.7. The largest absolute Gasteiger partial charge is 0.391 e. The molecule has 6 heteroatoms. The predicted octanol–water partition coefficient (Wildman–Crippen LogP) is 4.62. The number of benzene rings is 1. The van der Waals surface area contributed by atoms with Gasteiger partial charge in [-0.25, -0.2) is 4.98 Å². The number of pyridine rings is 2. The molecule has 2 aromatic heterocycles. The normalized spacial score (nSPS) is 24.1. The summed E-state index contributed by atoms with van der Waals surface area (Å²) in [6.07, 6.45) is 9.44. The van der Waals surface area contributed by atoms with Crippen molar-refractivity contribution in [3.63, 3.8) is 0 Å². The van der Waals surface area contributed by atoms with Crippen molar-refractivity contribution in [1.29, 1.82) is 0 Å². The van der Waals surface area contributed by atoms with Crippen LogP contribution in [-0.4, -0.2) is 38.0 Å². The highest BCUT2D eigenvalue weighted by atomic mass is 35.5. The number of aliphatic hydroxyl groups excluding tert-OH is 1. The number of amides is 1. The summed E-state index contributed by atoms with van der Waals surface area (Å²) in [6, 6.07) is 9.78. The number of nitrogens with zero attached hydrogens (tertiary/aromatic N) is 3. The molecule has 0 radical (unpaired) electrons. The summed E-state index contributed by atoms with van der Waals surface area (Å²) in [4.78, 5) is 24.7. The van der Waals surface area contributed by atoms with Crippen molar-refractivity contribution in [1.82, 2.24) is 14.9 Å². The van der Waals surface area contributed by atoms with Crippen LogP contribution in [0.25, 0.3) is 10.9 Å². The highest BCUT2D eigenvalue weighted by Gasteiger charge is 2.61. The first-order valence-corrected chi connectivity index (χ1v) is 11.5. The van der Waals surface area contributed by atoms with E-state index >= 15 is 0 Å². The molecule has 2 unspecified atom stereocenters. The summed E-state index contributed by atoms with van der Waals surface area (Å²) in [5.41, 5.74) is 4.59. The molecule has 3 aromatic rings. The number of hydrogen-bond acceptors (Lipinski definition) is 4. The fourth-order valence-electron chi connectivity index (χ4n) is 5.75. The lowest BCUT2D eigenvalue weighted by Crippen LogP contribution is -2.50. The lowest BCUT2D eigenvalue weighted by molar-refractivity contribution is 0.00205. The molecule has 1 spiro atoms. The van der Waals surface area contributed by atoms with E-state index in [0.29, 0.717) is 11.6 Å². The Balaban J connectivity index is 1.50. The highest BCUT2D eigenvalue weighted by Crippen LogP contribution is 2.60. The molecule has 158 valence electrons. The van der Waals surface area contributed by atoms with Crippen LogP contribution in [0.1, 0.15) is 65.6 Å². The van der Waals surface area contributed by atoms with Gasteiger partial charge in [-0.15, -0.1) is 0 Å². The minimum atomic E-state index is -0.441. The minimum absolute atomic E-state index is 0.0569. The van der Waals surface area contributed by atoms with E-state index in [2.05, 4.69) is 17.1 Å². The Morgan fingerprint density at radius 1 is 1.16 bits per heavy atom. The number of halogens is 1. The van der Waals surface area contributed by atoms with Crippen LogP contribution in [0, 0.1) is 0 Å². The summed E-state index contributed by atoms with van der Waals surface area (Å²) >= 11 is 5.95. The lowest BCUT2D eigenvalue weighted by atomic mass is 9.89. The third-order valence-electron chi connectivity index (χ3n) is 7.29. The average Bonchev–Trinajstić information content (AvgIpc) is 3.53. The van der Waals surface area contributed by atoms with Gasteiger partial charge in [0.15, 0.2) is 0 Å². The Kier molecular flexibility index (Phi) is 4.34. The van der Waals surface area contributed by atoms with Crippen LogP contribution in [0.5, 0.6) is 0 Å². The molecule has 0 bridgehead atoms. The van der Waals surface area contributed by atoms with Crippen LogP contribution in [0.4, 0.5) is 0 Å². The van der Waals surface area contributed by atoms with Crippen molar-refractivity contribution < 1.29 is 9.90 Å². The van der Waals surface area contributed by atoms with Crippen LogP contribution in [0.3, 0.4) is 0 Å². The number of aromatic nitrogens is 2. The number of hydrogen-bond donors (Lipinski definition) is 1. The summed E-state index contributed by atoms with van der Waals surface area (Å²) in [5.74, 6) is 0.0569. The molecule has 2 aliphatic carbocycles. The third kappa shape index (κ3) is 2.90. The average molecular weight is 434 g/mol. The van der Waals surface area contributed by atoms with Gasteiger partial charge in [0.2, 0.25) is 0 Å². The lowest BCUT2D eigenvalue weighted by Gasteiger charge is -2.39. The Morgan fingerprint density at radius 3 is 2.74 bits per heavy atom. The second-order valence-corrected chi connectivity index (χ2v) is 9.54. The van der Waals surface area contributed by atoms with Gasteiger partial charge in [0.1, 0.15) is 5.15 Å². The quantitative estimate of drug-likeness (QED) is 0.612. The maximum atomic E-state index is 13.7. The summed E-state index contributed by atoms with van der Waals surface area (Å²) in [6.45, 7) is 0. The molecule has 1 aliphatic heterocycles. The standard InChI is InChI=1S/C25H24ClN3O2/c26-21-8-7-15(14-28-21)12-16-13-18-22(23-17(16)4-3-11-27-23)25(9-10-25)29(24(18)31)19-5-1-2-6-20(19)30/h3-4,7-8,11,13-14,19-20,30H,1-2,5-6,9-10,12H2. The SMILES string of the molecule is O=C1c2cc(Cc3ccc(Cl)nc3)c3cccnc3c2C2(CC2)N1C1CCCCC1O. The Labute approximate surface area is 186 Å². The van der Waals surface area contributed by atoms with E-state index in [9.17, 15) is 9.90 Å². The van der Waals surface area contributed by atoms with Crippen LogP contribution in [-0.2, 0) is 12.0 Å². The van der Waals surface area contributed by atoms with Gasteiger partial charge in [-0.2, -0.15) is 0 Å². The Bertz CT molecular complexity index is 1190. The molecule has 0 saturated heterocycles. The zero-order valence-corrected chi connectivity index (χ0v) is 18.0. The maximum Gasteiger partial charge on any atom is 0.255 e. The number of aliphatic hydroxyl groups is 1. The molecular weight excluding hydrogens is 410 g/mol. The van der Waals surface area contributed by atoms with Crippen molar-refractivity contribution in [3.05, 3.63) is 70.1 Å². The van der Waals surface area contributed by atoms with Crippen LogP contribution >= 0.6 is 11.6 Å². The number of fused-ring (bicyclic) bond motifs is 4. The van der Waals surface area contributed by atoms with Gasteiger partial charge >= 0.3 is 0 Å². The van der Waals surface area contributed by atoms with Gasteiger partial charge in [0.05, 0.1) is 23.2 Å².